The average Bonchev–Trinajstić information content (AvgIpc) is 2.54. The highest BCUT2D eigenvalue weighted by Gasteiger charge is 2.09. The Bertz CT molecular complexity index is 364. The molecule has 21 heavy (non-hydrogen) atoms. The van der Waals surface area contributed by atoms with Crippen LogP contribution >= 0.6 is 0 Å². The second-order valence-electron chi connectivity index (χ2n) is 4.26. The fourth-order valence-electron chi connectivity index (χ4n) is 1.73. The lowest BCUT2D eigenvalue weighted by Crippen LogP contribution is -2.30. The van der Waals surface area contributed by atoms with Crippen molar-refractivity contribution in [2.45, 2.75) is 33.1 Å². The number of ether oxygens (including phenoxy) is 1. The normalized spacial score (nSPS) is 13.0. The van der Waals surface area contributed by atoms with Crippen molar-refractivity contribution in [3.8, 4) is 0 Å². The number of hydrogen-bond acceptors (Lipinski definition) is 5. The fourth-order valence-corrected chi connectivity index (χ4v) is 1.73. The smallest absolute Gasteiger partial charge is 0.307 e. The molecular weight excluding hydrogens is 270 g/mol. The predicted molar refractivity (Wildman–Crippen MR) is 81.9 cm³/mol. The minimum absolute atomic E-state index is 0.153. The van der Waals surface area contributed by atoms with Crippen molar-refractivity contribution in [3.63, 3.8) is 0 Å². The second kappa shape index (κ2) is 13.2. The lowest BCUT2D eigenvalue weighted by atomic mass is 10.1. The van der Waals surface area contributed by atoms with Crippen LogP contribution in [0.25, 0.3) is 0 Å². The molecule has 0 aromatic heterocycles. The van der Waals surface area contributed by atoms with Crippen molar-refractivity contribution in [1.82, 2.24) is 4.90 Å². The SMILES string of the molecule is CC.O=CCN(CC=O)CCC(=O)OCC1=CCCC=C1. The molecule has 0 aliphatic heterocycles. The summed E-state index contributed by atoms with van der Waals surface area (Å²) in [6.45, 7) is 4.95. The fraction of sp³-hybridized carbons (Fsp3) is 0.562. The van der Waals surface area contributed by atoms with Gasteiger partial charge in [-0.15, -0.1) is 0 Å². The molecule has 5 heteroatoms. The summed E-state index contributed by atoms with van der Waals surface area (Å²) in [5.41, 5.74) is 1.01. The van der Waals surface area contributed by atoms with Crippen LogP contribution in [0.4, 0.5) is 0 Å². The topological polar surface area (TPSA) is 63.7 Å². The van der Waals surface area contributed by atoms with E-state index in [4.69, 9.17) is 4.74 Å². The van der Waals surface area contributed by atoms with Crippen LogP contribution < -0.4 is 0 Å². The molecule has 118 valence electrons. The van der Waals surface area contributed by atoms with E-state index in [1.807, 2.05) is 19.9 Å². The summed E-state index contributed by atoms with van der Waals surface area (Å²) in [4.78, 5) is 33.9. The van der Waals surface area contributed by atoms with E-state index in [1.165, 1.54) is 0 Å². The Morgan fingerprint density at radius 3 is 2.43 bits per heavy atom. The van der Waals surface area contributed by atoms with Crippen molar-refractivity contribution in [2.24, 2.45) is 0 Å². The molecule has 5 nitrogen and oxygen atoms in total. The monoisotopic (exact) mass is 295 g/mol. The van der Waals surface area contributed by atoms with Crippen molar-refractivity contribution in [3.05, 3.63) is 23.8 Å². The van der Waals surface area contributed by atoms with Crippen molar-refractivity contribution < 1.29 is 19.1 Å². The van der Waals surface area contributed by atoms with Gasteiger partial charge >= 0.3 is 5.97 Å². The van der Waals surface area contributed by atoms with E-state index in [0.29, 0.717) is 19.1 Å². The van der Waals surface area contributed by atoms with Crippen LogP contribution in [0.3, 0.4) is 0 Å². The quantitative estimate of drug-likeness (QED) is 0.480. The van der Waals surface area contributed by atoms with Crippen LogP contribution in [0.2, 0.25) is 0 Å². The molecule has 0 unspecified atom stereocenters. The number of hydrogen-bond donors (Lipinski definition) is 0. The van der Waals surface area contributed by atoms with Crippen LogP contribution in [-0.4, -0.2) is 49.7 Å². The average molecular weight is 295 g/mol. The zero-order valence-corrected chi connectivity index (χ0v) is 12.9. The molecule has 0 N–H and O–H groups in total. The van der Waals surface area contributed by atoms with Gasteiger partial charge in [0.05, 0.1) is 19.5 Å². The first-order chi connectivity index (χ1) is 10.3. The van der Waals surface area contributed by atoms with Crippen molar-refractivity contribution in [1.29, 1.82) is 0 Å². The molecule has 0 heterocycles. The Kier molecular flexibility index (Phi) is 12.1. The summed E-state index contributed by atoms with van der Waals surface area (Å²) < 4.78 is 5.13. The number of nitrogens with zero attached hydrogens (tertiary/aromatic N) is 1. The van der Waals surface area contributed by atoms with Crippen LogP contribution in [0.1, 0.15) is 33.1 Å². The van der Waals surface area contributed by atoms with Crippen molar-refractivity contribution >= 4 is 18.5 Å². The number of carbonyl (C=O) groups excluding carboxylic acids is 3. The van der Waals surface area contributed by atoms with Gasteiger partial charge in [0.25, 0.3) is 0 Å². The van der Waals surface area contributed by atoms with Gasteiger partial charge in [-0.25, -0.2) is 0 Å². The Balaban J connectivity index is 0.00000191. The minimum Gasteiger partial charge on any atom is -0.461 e. The zero-order chi connectivity index (χ0) is 15.9. The molecule has 1 aliphatic carbocycles. The Labute approximate surface area is 126 Å². The molecule has 0 radical (unpaired) electrons. The number of rotatable bonds is 9. The lowest BCUT2D eigenvalue weighted by molar-refractivity contribution is -0.143. The van der Waals surface area contributed by atoms with E-state index < -0.39 is 0 Å². The van der Waals surface area contributed by atoms with E-state index in [1.54, 1.807) is 4.90 Å². The lowest BCUT2D eigenvalue weighted by Gasteiger charge is -2.15. The third kappa shape index (κ3) is 9.73. The Morgan fingerprint density at radius 2 is 1.90 bits per heavy atom. The largest absolute Gasteiger partial charge is 0.461 e. The molecule has 0 amide bonds. The van der Waals surface area contributed by atoms with Gasteiger partial charge in [0.1, 0.15) is 19.2 Å². The van der Waals surface area contributed by atoms with Gasteiger partial charge in [0.15, 0.2) is 0 Å². The molecule has 0 saturated heterocycles. The highest BCUT2D eigenvalue weighted by molar-refractivity contribution is 5.70. The van der Waals surface area contributed by atoms with Crippen LogP contribution in [0.5, 0.6) is 0 Å². The summed E-state index contributed by atoms with van der Waals surface area (Å²) in [5, 5.41) is 0. The maximum atomic E-state index is 11.5. The zero-order valence-electron chi connectivity index (χ0n) is 12.9. The summed E-state index contributed by atoms with van der Waals surface area (Å²) in [5.74, 6) is -0.318. The van der Waals surface area contributed by atoms with Gasteiger partial charge < -0.3 is 14.3 Å². The molecule has 0 saturated carbocycles. The Morgan fingerprint density at radius 1 is 1.24 bits per heavy atom. The number of aldehydes is 2. The van der Waals surface area contributed by atoms with Crippen molar-refractivity contribution in [2.75, 3.05) is 26.2 Å². The third-order valence-corrected chi connectivity index (χ3v) is 2.77. The Hall–Kier alpha value is -1.75. The maximum absolute atomic E-state index is 11.5. The summed E-state index contributed by atoms with van der Waals surface area (Å²) in [6.07, 6.45) is 9.69. The number of allylic oxidation sites excluding steroid dienone is 2. The summed E-state index contributed by atoms with van der Waals surface area (Å²) >= 11 is 0. The van der Waals surface area contributed by atoms with E-state index in [-0.39, 0.29) is 32.1 Å². The second-order valence-corrected chi connectivity index (χ2v) is 4.26. The van der Waals surface area contributed by atoms with E-state index >= 15 is 0 Å². The molecule has 1 aliphatic rings. The highest BCUT2D eigenvalue weighted by Crippen LogP contribution is 2.09. The van der Waals surface area contributed by atoms with Gasteiger partial charge in [-0.1, -0.05) is 32.1 Å². The van der Waals surface area contributed by atoms with E-state index in [2.05, 4.69) is 12.2 Å². The van der Waals surface area contributed by atoms with E-state index in [9.17, 15) is 14.4 Å². The number of carbonyl (C=O) groups is 3. The number of esters is 1. The molecule has 1 rings (SSSR count). The van der Waals surface area contributed by atoms with Crippen LogP contribution in [0, 0.1) is 0 Å². The molecule has 0 fully saturated rings. The van der Waals surface area contributed by atoms with Gasteiger partial charge in [0, 0.05) is 6.54 Å². The van der Waals surface area contributed by atoms with Gasteiger partial charge in [0.2, 0.25) is 0 Å². The van der Waals surface area contributed by atoms with Gasteiger partial charge in [-0.2, -0.15) is 0 Å². The minimum atomic E-state index is -0.318. The van der Waals surface area contributed by atoms with Crippen LogP contribution in [0.15, 0.2) is 23.8 Å². The molecule has 0 aromatic carbocycles. The first-order valence-corrected chi connectivity index (χ1v) is 7.37. The first kappa shape index (κ1) is 19.2. The maximum Gasteiger partial charge on any atom is 0.307 e. The van der Waals surface area contributed by atoms with Crippen LogP contribution in [-0.2, 0) is 19.1 Å². The molecule has 0 bridgehead atoms. The standard InChI is InChI=1S/C14H19NO4.C2H6/c16-10-8-15(9-11-17)7-6-14(18)19-12-13-4-2-1-3-5-13;1-2/h2,4-5,10-11H,1,3,6-9,12H2;1-2H3. The molecule has 0 atom stereocenters. The highest BCUT2D eigenvalue weighted by atomic mass is 16.5. The predicted octanol–water partition coefficient (Wildman–Crippen LogP) is 1.92. The first-order valence-electron chi connectivity index (χ1n) is 7.37. The van der Waals surface area contributed by atoms with Gasteiger partial charge in [-0.3, -0.25) is 9.69 Å². The molecular formula is C16H25NO4. The van der Waals surface area contributed by atoms with Gasteiger partial charge in [-0.05, 0) is 18.4 Å². The molecule has 0 aromatic rings. The molecule has 0 spiro atoms. The summed E-state index contributed by atoms with van der Waals surface area (Å²) in [6, 6.07) is 0. The summed E-state index contributed by atoms with van der Waals surface area (Å²) in [7, 11) is 0. The van der Waals surface area contributed by atoms with E-state index in [0.717, 1.165) is 18.4 Å². The third-order valence-electron chi connectivity index (χ3n) is 2.77.